The lowest BCUT2D eigenvalue weighted by atomic mass is 10.1. The molecule has 0 aliphatic carbocycles. The Kier molecular flexibility index (Phi) is 5.08. The van der Waals surface area contributed by atoms with Gasteiger partial charge in [0.2, 0.25) is 0 Å². The van der Waals surface area contributed by atoms with E-state index < -0.39 is 0 Å². The fourth-order valence-corrected chi connectivity index (χ4v) is 2.78. The zero-order valence-electron chi connectivity index (χ0n) is 8.64. The van der Waals surface area contributed by atoms with Crippen molar-refractivity contribution in [2.75, 3.05) is 0 Å². The van der Waals surface area contributed by atoms with Crippen LogP contribution in [-0.2, 0) is 0 Å². The van der Waals surface area contributed by atoms with Gasteiger partial charge in [0, 0.05) is 9.49 Å². The standard InChI is InChI=1S/C10H20S2/c1-7-9(3,4)11-12-10(5,6)8-2/h1-2,7-8H2,3-6H3. The third-order valence-electron chi connectivity index (χ3n) is 1.70. The van der Waals surface area contributed by atoms with Crippen LogP contribution in [0.25, 0.3) is 0 Å². The highest BCUT2D eigenvalue weighted by Crippen LogP contribution is 2.45. The SMILES string of the molecule is [CH2]CC(C)(C)SSC(C)(C)C[CH2]. The van der Waals surface area contributed by atoms with Crippen molar-refractivity contribution in [1.82, 2.24) is 0 Å². The highest BCUT2D eigenvalue weighted by molar-refractivity contribution is 8.77. The maximum atomic E-state index is 3.93. The summed E-state index contributed by atoms with van der Waals surface area (Å²) in [5.41, 5.74) is 0. The van der Waals surface area contributed by atoms with Crippen molar-refractivity contribution in [3.63, 3.8) is 0 Å². The Hall–Kier alpha value is 0.700. The average Bonchev–Trinajstić information content (AvgIpc) is 2.02. The largest absolute Gasteiger partial charge is 0.0873 e. The van der Waals surface area contributed by atoms with Gasteiger partial charge in [-0.25, -0.2) is 0 Å². The summed E-state index contributed by atoms with van der Waals surface area (Å²) in [5.74, 6) is 0. The third kappa shape index (κ3) is 5.36. The molecule has 0 nitrogen and oxygen atoms in total. The molecule has 0 aromatic carbocycles. The van der Waals surface area contributed by atoms with E-state index in [0.717, 1.165) is 12.8 Å². The molecule has 0 bridgehead atoms. The van der Waals surface area contributed by atoms with Gasteiger partial charge in [-0.1, -0.05) is 35.4 Å². The van der Waals surface area contributed by atoms with E-state index in [2.05, 4.69) is 41.5 Å². The molecule has 0 rings (SSSR count). The van der Waals surface area contributed by atoms with Crippen LogP contribution in [0.5, 0.6) is 0 Å². The topological polar surface area (TPSA) is 0 Å². The second-order valence-electron chi connectivity index (χ2n) is 4.19. The van der Waals surface area contributed by atoms with E-state index in [-0.39, 0.29) is 9.49 Å². The molecule has 2 heteroatoms. The molecule has 0 aromatic rings. The van der Waals surface area contributed by atoms with Crippen molar-refractivity contribution in [2.45, 2.75) is 50.0 Å². The summed E-state index contributed by atoms with van der Waals surface area (Å²) in [7, 11) is 3.85. The summed E-state index contributed by atoms with van der Waals surface area (Å²) in [5, 5.41) is 0. The molecule has 0 heterocycles. The monoisotopic (exact) mass is 204 g/mol. The second-order valence-corrected chi connectivity index (χ2v) is 7.73. The fraction of sp³-hybridized carbons (Fsp3) is 0.800. The minimum atomic E-state index is 0.289. The van der Waals surface area contributed by atoms with Crippen molar-refractivity contribution in [3.05, 3.63) is 13.8 Å². The van der Waals surface area contributed by atoms with Crippen LogP contribution in [-0.4, -0.2) is 9.49 Å². The first-order chi connectivity index (χ1) is 5.33. The molecule has 0 amide bonds. The smallest absolute Gasteiger partial charge is 0.0207 e. The molecule has 0 aromatic heterocycles. The van der Waals surface area contributed by atoms with E-state index in [1.165, 1.54) is 0 Å². The predicted molar refractivity (Wildman–Crippen MR) is 63.3 cm³/mol. The van der Waals surface area contributed by atoms with Crippen molar-refractivity contribution in [1.29, 1.82) is 0 Å². The molecule has 0 N–H and O–H groups in total. The molecule has 0 saturated carbocycles. The average molecular weight is 204 g/mol. The highest BCUT2D eigenvalue weighted by Gasteiger charge is 2.23. The number of hydrogen-bond donors (Lipinski definition) is 0. The highest BCUT2D eigenvalue weighted by atomic mass is 33.1. The van der Waals surface area contributed by atoms with Crippen LogP contribution < -0.4 is 0 Å². The zero-order chi connectivity index (χ0) is 9.83. The summed E-state index contributed by atoms with van der Waals surface area (Å²) in [6.07, 6.45) is 1.94. The van der Waals surface area contributed by atoms with E-state index >= 15 is 0 Å². The van der Waals surface area contributed by atoms with Gasteiger partial charge < -0.3 is 0 Å². The van der Waals surface area contributed by atoms with Gasteiger partial charge in [0.1, 0.15) is 0 Å². The molecule has 2 radical (unpaired) electrons. The van der Waals surface area contributed by atoms with Gasteiger partial charge >= 0.3 is 0 Å². The van der Waals surface area contributed by atoms with Crippen LogP contribution in [0.4, 0.5) is 0 Å². The number of rotatable bonds is 5. The molecule has 0 atom stereocenters. The normalized spacial score (nSPS) is 13.5. The molecule has 0 spiro atoms. The maximum Gasteiger partial charge on any atom is 0.0207 e. The Balaban J connectivity index is 3.82. The van der Waals surface area contributed by atoms with E-state index in [9.17, 15) is 0 Å². The van der Waals surface area contributed by atoms with Gasteiger partial charge in [-0.3, -0.25) is 0 Å². The fourth-order valence-electron chi connectivity index (χ4n) is 0.309. The van der Waals surface area contributed by atoms with Gasteiger partial charge in [0.25, 0.3) is 0 Å². The Morgan fingerprint density at radius 2 is 1.08 bits per heavy atom. The summed E-state index contributed by atoms with van der Waals surface area (Å²) >= 11 is 0. The Morgan fingerprint density at radius 3 is 1.25 bits per heavy atom. The summed E-state index contributed by atoms with van der Waals surface area (Å²) in [4.78, 5) is 0. The van der Waals surface area contributed by atoms with Gasteiger partial charge in [-0.05, 0) is 40.5 Å². The van der Waals surface area contributed by atoms with Crippen molar-refractivity contribution in [3.8, 4) is 0 Å². The van der Waals surface area contributed by atoms with Crippen LogP contribution in [0, 0.1) is 13.8 Å². The Bertz CT molecular complexity index is 112. The predicted octanol–water partition coefficient (Wildman–Crippen LogP) is 4.37. The molecule has 12 heavy (non-hydrogen) atoms. The van der Waals surface area contributed by atoms with Crippen LogP contribution in [0.3, 0.4) is 0 Å². The lowest BCUT2D eigenvalue weighted by Crippen LogP contribution is -2.16. The molecule has 0 aliphatic rings. The van der Waals surface area contributed by atoms with Gasteiger partial charge in [-0.15, -0.1) is 0 Å². The summed E-state index contributed by atoms with van der Waals surface area (Å²) in [6.45, 7) is 16.8. The first-order valence-electron chi connectivity index (χ1n) is 4.28. The Morgan fingerprint density at radius 1 is 0.833 bits per heavy atom. The minimum absolute atomic E-state index is 0.289. The van der Waals surface area contributed by atoms with Gasteiger partial charge in [0.05, 0.1) is 0 Å². The maximum absolute atomic E-state index is 3.93. The molecule has 0 saturated heterocycles. The molecule has 0 fully saturated rings. The van der Waals surface area contributed by atoms with Crippen molar-refractivity contribution >= 4 is 21.6 Å². The zero-order valence-corrected chi connectivity index (χ0v) is 10.3. The molecule has 0 unspecified atom stereocenters. The third-order valence-corrected chi connectivity index (χ3v) is 6.05. The summed E-state index contributed by atoms with van der Waals surface area (Å²) in [6, 6.07) is 0. The van der Waals surface area contributed by atoms with Crippen LogP contribution in [0.15, 0.2) is 0 Å². The second kappa shape index (κ2) is 4.80. The van der Waals surface area contributed by atoms with E-state index in [1.807, 2.05) is 21.6 Å². The van der Waals surface area contributed by atoms with E-state index in [0.29, 0.717) is 0 Å². The van der Waals surface area contributed by atoms with Crippen LogP contribution in [0.1, 0.15) is 40.5 Å². The lowest BCUT2D eigenvalue weighted by Gasteiger charge is -2.28. The van der Waals surface area contributed by atoms with E-state index in [4.69, 9.17) is 0 Å². The Labute approximate surface area is 85.7 Å². The molecular formula is C10H20S2. The first kappa shape index (κ1) is 12.7. The van der Waals surface area contributed by atoms with Gasteiger partial charge in [-0.2, -0.15) is 0 Å². The summed E-state index contributed by atoms with van der Waals surface area (Å²) < 4.78 is 0.578. The van der Waals surface area contributed by atoms with Crippen molar-refractivity contribution in [2.24, 2.45) is 0 Å². The molecular weight excluding hydrogens is 184 g/mol. The van der Waals surface area contributed by atoms with E-state index in [1.54, 1.807) is 0 Å². The van der Waals surface area contributed by atoms with Crippen LogP contribution in [0.2, 0.25) is 0 Å². The minimum Gasteiger partial charge on any atom is -0.0873 e. The lowest BCUT2D eigenvalue weighted by molar-refractivity contribution is 0.720. The molecule has 72 valence electrons. The van der Waals surface area contributed by atoms with Crippen LogP contribution >= 0.6 is 21.6 Å². The molecule has 0 aliphatic heterocycles. The van der Waals surface area contributed by atoms with Gasteiger partial charge in [0.15, 0.2) is 0 Å². The first-order valence-corrected chi connectivity index (χ1v) is 6.43. The van der Waals surface area contributed by atoms with Crippen molar-refractivity contribution < 1.29 is 0 Å². The number of hydrogen-bond acceptors (Lipinski definition) is 2. The quantitative estimate of drug-likeness (QED) is 0.610.